The van der Waals surface area contributed by atoms with Gasteiger partial charge in [-0.05, 0) is 30.5 Å². The lowest BCUT2D eigenvalue weighted by molar-refractivity contribution is 0.0949. The predicted molar refractivity (Wildman–Crippen MR) is 91.6 cm³/mol. The highest BCUT2D eigenvalue weighted by atomic mass is 16.2. The molecule has 3 rings (SSSR count). The van der Waals surface area contributed by atoms with Crippen LogP contribution in [0.4, 0.5) is 4.79 Å². The molecule has 0 spiro atoms. The van der Waals surface area contributed by atoms with Crippen LogP contribution < -0.4 is 16.4 Å². The molecule has 0 fully saturated rings. The van der Waals surface area contributed by atoms with E-state index in [0.717, 1.165) is 43.0 Å². The zero-order chi connectivity index (χ0) is 17.6. The highest BCUT2D eigenvalue weighted by molar-refractivity contribution is 5.94. The molecule has 0 unspecified atom stereocenters. The molecule has 8 nitrogen and oxygen atoms in total. The first-order valence-electron chi connectivity index (χ1n) is 8.45. The average molecular weight is 342 g/mol. The van der Waals surface area contributed by atoms with Gasteiger partial charge in [0, 0.05) is 25.1 Å². The van der Waals surface area contributed by atoms with Crippen molar-refractivity contribution in [2.45, 2.75) is 45.3 Å². The molecule has 1 aromatic carbocycles. The Hall–Kier alpha value is -2.90. The lowest BCUT2D eigenvalue weighted by Gasteiger charge is -2.09. The Morgan fingerprint density at radius 3 is 2.60 bits per heavy atom. The lowest BCUT2D eigenvalue weighted by atomic mass is 10.1. The first-order valence-corrected chi connectivity index (χ1v) is 8.45. The molecule has 1 aliphatic rings. The quantitative estimate of drug-likeness (QED) is 0.755. The van der Waals surface area contributed by atoms with Gasteiger partial charge in [0.2, 0.25) is 0 Å². The third kappa shape index (κ3) is 4.34. The van der Waals surface area contributed by atoms with Crippen LogP contribution in [-0.4, -0.2) is 26.7 Å². The van der Waals surface area contributed by atoms with Gasteiger partial charge in [-0.25, -0.2) is 4.79 Å². The summed E-state index contributed by atoms with van der Waals surface area (Å²) in [6, 6.07) is 6.44. The van der Waals surface area contributed by atoms with Crippen molar-refractivity contribution < 1.29 is 9.59 Å². The largest absolute Gasteiger partial charge is 0.352 e. The van der Waals surface area contributed by atoms with Crippen LogP contribution >= 0.6 is 0 Å². The number of hydrogen-bond donors (Lipinski definition) is 3. The van der Waals surface area contributed by atoms with Gasteiger partial charge < -0.3 is 20.9 Å². The second-order valence-electron chi connectivity index (χ2n) is 6.09. The second-order valence-corrected chi connectivity index (χ2v) is 6.09. The number of hydrogen-bond acceptors (Lipinski definition) is 4. The number of urea groups is 1. The molecule has 0 saturated heterocycles. The van der Waals surface area contributed by atoms with Crippen LogP contribution in [0.25, 0.3) is 0 Å². The van der Waals surface area contributed by atoms with Crippen LogP contribution in [0.2, 0.25) is 0 Å². The number of nitrogens with zero attached hydrogens (tertiary/aromatic N) is 3. The Bertz CT molecular complexity index is 753. The summed E-state index contributed by atoms with van der Waals surface area (Å²) in [4.78, 5) is 23.0. The third-order valence-electron chi connectivity index (χ3n) is 4.28. The standard InChI is InChI=1S/C17H22N6O2/c18-17(25)20-10-12-5-7-13(8-6-12)16(24)19-11-15-22-21-14-4-2-1-3-9-23(14)15/h5-8H,1-4,9-11H2,(H,19,24)(H3,18,20,25). The van der Waals surface area contributed by atoms with Crippen molar-refractivity contribution in [2.24, 2.45) is 5.73 Å². The van der Waals surface area contributed by atoms with Gasteiger partial charge in [-0.15, -0.1) is 10.2 Å². The fourth-order valence-electron chi connectivity index (χ4n) is 2.90. The maximum Gasteiger partial charge on any atom is 0.312 e. The van der Waals surface area contributed by atoms with E-state index in [2.05, 4.69) is 25.4 Å². The van der Waals surface area contributed by atoms with E-state index in [0.29, 0.717) is 18.7 Å². The van der Waals surface area contributed by atoms with Crippen molar-refractivity contribution >= 4 is 11.9 Å². The number of benzene rings is 1. The summed E-state index contributed by atoms with van der Waals surface area (Å²) in [5.74, 6) is 1.64. The lowest BCUT2D eigenvalue weighted by Crippen LogP contribution is -2.28. The van der Waals surface area contributed by atoms with Crippen molar-refractivity contribution in [3.8, 4) is 0 Å². The highest BCUT2D eigenvalue weighted by Gasteiger charge is 2.15. The number of carbonyl (C=O) groups excluding carboxylic acids is 2. The molecule has 0 aliphatic carbocycles. The molecule has 2 heterocycles. The number of nitrogens with two attached hydrogens (primary N) is 1. The van der Waals surface area contributed by atoms with Crippen molar-refractivity contribution in [3.63, 3.8) is 0 Å². The second kappa shape index (κ2) is 7.78. The number of nitrogens with one attached hydrogen (secondary N) is 2. The molecule has 132 valence electrons. The molecule has 2 aromatic rings. The molecule has 0 saturated carbocycles. The van der Waals surface area contributed by atoms with Gasteiger partial charge in [0.15, 0.2) is 5.82 Å². The third-order valence-corrected chi connectivity index (χ3v) is 4.28. The van der Waals surface area contributed by atoms with Crippen molar-refractivity contribution in [1.82, 2.24) is 25.4 Å². The average Bonchev–Trinajstić information content (AvgIpc) is 2.84. The molecule has 3 amide bonds. The summed E-state index contributed by atoms with van der Waals surface area (Å²) < 4.78 is 2.12. The van der Waals surface area contributed by atoms with Gasteiger partial charge in [0.1, 0.15) is 5.82 Å². The normalized spacial score (nSPS) is 13.6. The van der Waals surface area contributed by atoms with Crippen LogP contribution in [0.1, 0.15) is 46.8 Å². The molecule has 4 N–H and O–H groups in total. The molecule has 25 heavy (non-hydrogen) atoms. The molecule has 0 bridgehead atoms. The minimum atomic E-state index is -0.575. The molecular weight excluding hydrogens is 320 g/mol. The SMILES string of the molecule is NC(=O)NCc1ccc(C(=O)NCc2nnc3n2CCCCC3)cc1. The van der Waals surface area contributed by atoms with Gasteiger partial charge in [-0.1, -0.05) is 18.6 Å². The fraction of sp³-hybridized carbons (Fsp3) is 0.412. The van der Waals surface area contributed by atoms with Gasteiger partial charge >= 0.3 is 6.03 Å². The molecule has 8 heteroatoms. The summed E-state index contributed by atoms with van der Waals surface area (Å²) in [7, 11) is 0. The van der Waals surface area contributed by atoms with Crippen LogP contribution in [0.15, 0.2) is 24.3 Å². The van der Waals surface area contributed by atoms with E-state index in [9.17, 15) is 9.59 Å². The number of aryl methyl sites for hydroxylation is 1. The number of carbonyl (C=O) groups is 2. The highest BCUT2D eigenvalue weighted by Crippen LogP contribution is 2.14. The summed E-state index contributed by atoms with van der Waals surface area (Å²) in [6.45, 7) is 1.61. The smallest absolute Gasteiger partial charge is 0.312 e. The van der Waals surface area contributed by atoms with E-state index < -0.39 is 6.03 Å². The van der Waals surface area contributed by atoms with E-state index >= 15 is 0 Å². The number of rotatable bonds is 5. The van der Waals surface area contributed by atoms with Crippen molar-refractivity contribution in [2.75, 3.05) is 0 Å². The monoisotopic (exact) mass is 342 g/mol. The Labute approximate surface area is 145 Å². The predicted octanol–water partition coefficient (Wildman–Crippen LogP) is 1.10. The number of fused-ring (bicyclic) bond motifs is 1. The topological polar surface area (TPSA) is 115 Å². The summed E-state index contributed by atoms with van der Waals surface area (Å²) in [5.41, 5.74) is 6.46. The molecular formula is C17H22N6O2. The zero-order valence-corrected chi connectivity index (χ0v) is 14.0. The van der Waals surface area contributed by atoms with Crippen LogP contribution in [-0.2, 0) is 26.1 Å². The summed E-state index contributed by atoms with van der Waals surface area (Å²) in [6.07, 6.45) is 4.40. The first-order chi connectivity index (χ1) is 12.1. The zero-order valence-electron chi connectivity index (χ0n) is 14.0. The minimum absolute atomic E-state index is 0.166. The Balaban J connectivity index is 1.57. The number of primary amides is 1. The van der Waals surface area contributed by atoms with Crippen LogP contribution in [0.5, 0.6) is 0 Å². The fourth-order valence-corrected chi connectivity index (χ4v) is 2.90. The summed E-state index contributed by atoms with van der Waals surface area (Å²) in [5, 5.41) is 13.8. The molecule has 1 aromatic heterocycles. The van der Waals surface area contributed by atoms with Gasteiger partial charge in [0.05, 0.1) is 6.54 Å². The van der Waals surface area contributed by atoms with E-state index in [1.165, 1.54) is 6.42 Å². The van der Waals surface area contributed by atoms with Gasteiger partial charge in [0.25, 0.3) is 5.91 Å². The van der Waals surface area contributed by atoms with Crippen LogP contribution in [0.3, 0.4) is 0 Å². The van der Waals surface area contributed by atoms with E-state index in [1.54, 1.807) is 24.3 Å². The van der Waals surface area contributed by atoms with E-state index in [1.807, 2.05) is 0 Å². The van der Waals surface area contributed by atoms with E-state index in [4.69, 9.17) is 5.73 Å². The Morgan fingerprint density at radius 1 is 1.04 bits per heavy atom. The van der Waals surface area contributed by atoms with Crippen molar-refractivity contribution in [1.29, 1.82) is 0 Å². The maximum absolute atomic E-state index is 12.3. The number of aromatic nitrogens is 3. The van der Waals surface area contributed by atoms with Gasteiger partial charge in [-0.2, -0.15) is 0 Å². The maximum atomic E-state index is 12.3. The first kappa shape index (κ1) is 16.9. The van der Waals surface area contributed by atoms with Crippen LogP contribution in [0, 0.1) is 0 Å². The molecule has 1 aliphatic heterocycles. The minimum Gasteiger partial charge on any atom is -0.352 e. The molecule has 0 radical (unpaired) electrons. The Kier molecular flexibility index (Phi) is 5.27. The summed E-state index contributed by atoms with van der Waals surface area (Å²) >= 11 is 0. The number of amides is 3. The molecule has 0 atom stereocenters. The Morgan fingerprint density at radius 2 is 1.84 bits per heavy atom. The van der Waals surface area contributed by atoms with Crippen molar-refractivity contribution in [3.05, 3.63) is 47.0 Å². The van der Waals surface area contributed by atoms with Gasteiger partial charge in [-0.3, -0.25) is 4.79 Å². The van der Waals surface area contributed by atoms with E-state index in [-0.39, 0.29) is 5.91 Å².